The maximum absolute atomic E-state index is 5.49. The van der Waals surface area contributed by atoms with Gasteiger partial charge in [-0.25, -0.2) is 0 Å². The van der Waals surface area contributed by atoms with Crippen molar-refractivity contribution < 1.29 is 9.47 Å². The van der Waals surface area contributed by atoms with Crippen LogP contribution in [-0.2, 0) is 6.54 Å². The molecule has 1 aliphatic rings. The van der Waals surface area contributed by atoms with Crippen LogP contribution in [0.25, 0.3) is 11.0 Å². The molecule has 1 saturated heterocycles. The lowest BCUT2D eigenvalue weighted by Crippen LogP contribution is -2.47. The van der Waals surface area contributed by atoms with Crippen molar-refractivity contribution in [2.75, 3.05) is 51.8 Å². The third-order valence-electron chi connectivity index (χ3n) is 5.04. The summed E-state index contributed by atoms with van der Waals surface area (Å²) in [5.74, 6) is 1.75. The number of benzene rings is 2. The quantitative estimate of drug-likeness (QED) is 0.666. The van der Waals surface area contributed by atoms with E-state index in [9.17, 15) is 0 Å². The molecule has 7 heteroatoms. The first-order valence-electron chi connectivity index (χ1n) is 9.26. The fourth-order valence-electron chi connectivity index (χ4n) is 3.50. The van der Waals surface area contributed by atoms with Crippen LogP contribution in [0.5, 0.6) is 11.5 Å². The average molecular weight is 367 g/mol. The van der Waals surface area contributed by atoms with Gasteiger partial charge in [0, 0.05) is 38.8 Å². The molecule has 0 N–H and O–H groups in total. The largest absolute Gasteiger partial charge is 0.497 e. The summed E-state index contributed by atoms with van der Waals surface area (Å²) in [6.07, 6.45) is 0. The Labute approximate surface area is 159 Å². The molecule has 1 aliphatic heterocycles. The summed E-state index contributed by atoms with van der Waals surface area (Å²) < 4.78 is 10.7. The first-order chi connectivity index (χ1) is 13.3. The molecule has 1 aromatic heterocycles. The van der Waals surface area contributed by atoms with Gasteiger partial charge in [0.2, 0.25) is 0 Å². The molecule has 7 nitrogen and oxygen atoms in total. The van der Waals surface area contributed by atoms with E-state index < -0.39 is 0 Å². The Kier molecular flexibility index (Phi) is 5.11. The molecule has 0 unspecified atom stereocenters. The van der Waals surface area contributed by atoms with Gasteiger partial charge in [0.15, 0.2) is 0 Å². The van der Waals surface area contributed by atoms with Gasteiger partial charge >= 0.3 is 0 Å². The number of hydrogen-bond donors (Lipinski definition) is 0. The predicted molar refractivity (Wildman–Crippen MR) is 106 cm³/mol. The van der Waals surface area contributed by atoms with Gasteiger partial charge in [-0.2, -0.15) is 15.0 Å². The van der Waals surface area contributed by atoms with Crippen molar-refractivity contribution in [3.05, 3.63) is 42.5 Å². The second kappa shape index (κ2) is 7.84. The summed E-state index contributed by atoms with van der Waals surface area (Å²) in [5, 5.41) is 9.12. The van der Waals surface area contributed by atoms with Gasteiger partial charge < -0.3 is 14.4 Å². The molecular weight excluding hydrogens is 342 g/mol. The molecule has 0 aliphatic carbocycles. The molecule has 2 aromatic carbocycles. The molecule has 0 saturated carbocycles. The number of rotatable bonds is 6. The second-order valence-electron chi connectivity index (χ2n) is 6.65. The zero-order valence-corrected chi connectivity index (χ0v) is 15.8. The highest BCUT2D eigenvalue weighted by molar-refractivity contribution is 5.75. The number of methoxy groups -OCH3 is 2. The number of ether oxygens (including phenoxy) is 2. The lowest BCUT2D eigenvalue weighted by atomic mass is 10.2. The van der Waals surface area contributed by atoms with Crippen molar-refractivity contribution in [1.82, 2.24) is 19.9 Å². The monoisotopic (exact) mass is 367 g/mol. The van der Waals surface area contributed by atoms with Crippen LogP contribution in [0.15, 0.2) is 42.5 Å². The summed E-state index contributed by atoms with van der Waals surface area (Å²) in [6.45, 7) is 5.75. The highest BCUT2D eigenvalue weighted by Gasteiger charge is 2.19. The fourth-order valence-corrected chi connectivity index (χ4v) is 3.50. The molecular formula is C20H25N5O2. The summed E-state index contributed by atoms with van der Waals surface area (Å²) in [4.78, 5) is 6.64. The number of piperazine rings is 1. The van der Waals surface area contributed by atoms with E-state index in [1.807, 2.05) is 30.3 Å². The van der Waals surface area contributed by atoms with E-state index in [1.165, 1.54) is 5.69 Å². The minimum atomic E-state index is 0.783. The maximum atomic E-state index is 5.49. The van der Waals surface area contributed by atoms with Crippen molar-refractivity contribution in [2.45, 2.75) is 6.54 Å². The molecule has 142 valence electrons. The van der Waals surface area contributed by atoms with Gasteiger partial charge in [0.25, 0.3) is 0 Å². The summed E-state index contributed by atoms with van der Waals surface area (Å²) in [5.41, 5.74) is 2.95. The third kappa shape index (κ3) is 3.83. The van der Waals surface area contributed by atoms with E-state index in [1.54, 1.807) is 19.0 Å². The number of para-hydroxylation sites is 2. The molecule has 0 atom stereocenters. The van der Waals surface area contributed by atoms with Crippen molar-refractivity contribution in [3.8, 4) is 11.5 Å². The van der Waals surface area contributed by atoms with Crippen LogP contribution in [0.3, 0.4) is 0 Å². The zero-order chi connectivity index (χ0) is 18.6. The second-order valence-corrected chi connectivity index (χ2v) is 6.65. The van der Waals surface area contributed by atoms with E-state index in [-0.39, 0.29) is 0 Å². The zero-order valence-electron chi connectivity index (χ0n) is 15.8. The Morgan fingerprint density at radius 3 is 2.41 bits per heavy atom. The molecule has 0 spiro atoms. The Hall–Kier alpha value is -2.80. The summed E-state index contributed by atoms with van der Waals surface area (Å²) in [6, 6.07) is 14.0. The number of aromatic nitrogens is 3. The minimum Gasteiger partial charge on any atom is -0.497 e. The number of hydrogen-bond acceptors (Lipinski definition) is 6. The highest BCUT2D eigenvalue weighted by Crippen LogP contribution is 2.28. The standard InChI is InChI=1S/C20H25N5O2/c1-26-16-7-8-17-18(15-16)22-25(21-17)14-11-23-9-12-24(13-10-23)19-5-3-4-6-20(19)27-2/h3-8,15H,9-14H2,1-2H3. The molecule has 0 amide bonds. The Bertz CT molecular complexity index is 902. The Balaban J connectivity index is 1.33. The highest BCUT2D eigenvalue weighted by atomic mass is 16.5. The molecule has 1 fully saturated rings. The lowest BCUT2D eigenvalue weighted by molar-refractivity contribution is 0.239. The third-order valence-corrected chi connectivity index (χ3v) is 5.04. The number of anilines is 1. The molecule has 0 bridgehead atoms. The summed E-state index contributed by atoms with van der Waals surface area (Å²) in [7, 11) is 3.39. The van der Waals surface area contributed by atoms with Gasteiger partial charge in [0.05, 0.1) is 26.5 Å². The Morgan fingerprint density at radius 2 is 1.63 bits per heavy atom. The van der Waals surface area contributed by atoms with Gasteiger partial charge in [-0.05, 0) is 24.3 Å². The first kappa shape index (κ1) is 17.6. The van der Waals surface area contributed by atoms with Gasteiger partial charge in [-0.15, -0.1) is 0 Å². The SMILES string of the molecule is COc1ccc2nn(CCN3CCN(c4ccccc4OC)CC3)nc2c1. The van der Waals surface area contributed by atoms with Crippen LogP contribution in [0, 0.1) is 0 Å². The van der Waals surface area contributed by atoms with Crippen LogP contribution in [0.1, 0.15) is 0 Å². The van der Waals surface area contributed by atoms with E-state index in [0.717, 1.165) is 61.8 Å². The van der Waals surface area contributed by atoms with E-state index in [0.29, 0.717) is 0 Å². The molecule has 0 radical (unpaired) electrons. The predicted octanol–water partition coefficient (Wildman–Crippen LogP) is 2.27. The van der Waals surface area contributed by atoms with Crippen LogP contribution < -0.4 is 14.4 Å². The van der Waals surface area contributed by atoms with Crippen molar-refractivity contribution >= 4 is 16.7 Å². The van der Waals surface area contributed by atoms with Crippen LogP contribution in [-0.4, -0.2) is 66.8 Å². The van der Waals surface area contributed by atoms with E-state index in [4.69, 9.17) is 9.47 Å². The normalized spacial score (nSPS) is 15.3. The maximum Gasteiger partial charge on any atom is 0.142 e. The molecule has 27 heavy (non-hydrogen) atoms. The summed E-state index contributed by atoms with van der Waals surface area (Å²) >= 11 is 0. The number of fused-ring (bicyclic) bond motifs is 1. The number of nitrogens with zero attached hydrogens (tertiary/aromatic N) is 5. The van der Waals surface area contributed by atoms with Crippen LogP contribution in [0.4, 0.5) is 5.69 Å². The van der Waals surface area contributed by atoms with Gasteiger partial charge in [-0.1, -0.05) is 12.1 Å². The van der Waals surface area contributed by atoms with Crippen LogP contribution >= 0.6 is 0 Å². The lowest BCUT2D eigenvalue weighted by Gasteiger charge is -2.36. The molecule has 3 aromatic rings. The van der Waals surface area contributed by atoms with Gasteiger partial charge in [-0.3, -0.25) is 4.90 Å². The van der Waals surface area contributed by atoms with Crippen molar-refractivity contribution in [3.63, 3.8) is 0 Å². The van der Waals surface area contributed by atoms with Crippen molar-refractivity contribution in [2.24, 2.45) is 0 Å². The van der Waals surface area contributed by atoms with E-state index in [2.05, 4.69) is 32.1 Å². The minimum absolute atomic E-state index is 0.783. The smallest absolute Gasteiger partial charge is 0.142 e. The van der Waals surface area contributed by atoms with Crippen molar-refractivity contribution in [1.29, 1.82) is 0 Å². The average Bonchev–Trinajstić information content (AvgIpc) is 3.14. The van der Waals surface area contributed by atoms with Crippen LogP contribution in [0.2, 0.25) is 0 Å². The Morgan fingerprint density at radius 1 is 0.852 bits per heavy atom. The first-order valence-corrected chi connectivity index (χ1v) is 9.26. The molecule has 4 rings (SSSR count). The fraction of sp³-hybridized carbons (Fsp3) is 0.400. The van der Waals surface area contributed by atoms with E-state index >= 15 is 0 Å². The molecule has 2 heterocycles. The topological polar surface area (TPSA) is 55.7 Å². The van der Waals surface area contributed by atoms with Gasteiger partial charge in [0.1, 0.15) is 22.5 Å².